The van der Waals surface area contributed by atoms with Gasteiger partial charge in [0.15, 0.2) is 5.76 Å². The van der Waals surface area contributed by atoms with Gasteiger partial charge in [-0.1, -0.05) is 0 Å². The van der Waals surface area contributed by atoms with Crippen molar-refractivity contribution in [3.8, 4) is 0 Å². The van der Waals surface area contributed by atoms with Crippen LogP contribution < -0.4 is 5.32 Å². The van der Waals surface area contributed by atoms with Crippen LogP contribution in [0, 0.1) is 10.1 Å². The summed E-state index contributed by atoms with van der Waals surface area (Å²) in [5.41, 5.74) is 0.169. The number of nitrogens with zero attached hydrogens (tertiary/aromatic N) is 3. The Balaban J connectivity index is 1.53. The Bertz CT molecular complexity index is 854. The first-order valence-corrected chi connectivity index (χ1v) is 8.13. The van der Waals surface area contributed by atoms with Crippen LogP contribution in [0.15, 0.2) is 47.1 Å². The van der Waals surface area contributed by atoms with Gasteiger partial charge in [-0.15, -0.1) is 0 Å². The number of non-ortho nitro benzene ring substituents is 1. The number of amides is 3. The lowest BCUT2D eigenvalue weighted by atomic mass is 10.2. The van der Waals surface area contributed by atoms with Crippen molar-refractivity contribution >= 4 is 29.1 Å². The van der Waals surface area contributed by atoms with Crippen LogP contribution in [0.2, 0.25) is 0 Å². The van der Waals surface area contributed by atoms with E-state index in [4.69, 9.17) is 4.42 Å². The molecule has 1 aliphatic rings. The second-order valence-electron chi connectivity index (χ2n) is 5.82. The largest absolute Gasteiger partial charge is 0.459 e. The highest BCUT2D eigenvalue weighted by atomic mass is 16.6. The third-order valence-electron chi connectivity index (χ3n) is 4.12. The lowest BCUT2D eigenvalue weighted by Gasteiger charge is -2.33. The summed E-state index contributed by atoms with van der Waals surface area (Å²) in [5.74, 6) is -1.60. The minimum atomic E-state index is -0.838. The fraction of sp³-hybridized carbons (Fsp3) is 0.235. The fourth-order valence-corrected chi connectivity index (χ4v) is 2.66. The van der Waals surface area contributed by atoms with Crippen molar-refractivity contribution in [3.63, 3.8) is 0 Å². The van der Waals surface area contributed by atoms with Crippen LogP contribution >= 0.6 is 0 Å². The first kappa shape index (κ1) is 18.1. The molecule has 0 atom stereocenters. The predicted octanol–water partition coefficient (Wildman–Crippen LogP) is 1.11. The maximum atomic E-state index is 12.3. The van der Waals surface area contributed by atoms with Gasteiger partial charge in [-0.2, -0.15) is 0 Å². The van der Waals surface area contributed by atoms with Crippen LogP contribution in [0.1, 0.15) is 10.6 Å². The second kappa shape index (κ2) is 7.68. The zero-order valence-electron chi connectivity index (χ0n) is 14.2. The van der Waals surface area contributed by atoms with Crippen LogP contribution in [0.25, 0.3) is 0 Å². The van der Waals surface area contributed by atoms with Crippen molar-refractivity contribution in [2.24, 2.45) is 0 Å². The molecule has 1 N–H and O–H groups in total. The highest BCUT2D eigenvalue weighted by Gasteiger charge is 2.29. The van der Waals surface area contributed by atoms with Crippen LogP contribution in [0.4, 0.5) is 11.4 Å². The molecule has 0 bridgehead atoms. The zero-order valence-corrected chi connectivity index (χ0v) is 14.2. The topological polar surface area (TPSA) is 126 Å². The maximum Gasteiger partial charge on any atom is 0.313 e. The van der Waals surface area contributed by atoms with Gasteiger partial charge in [-0.3, -0.25) is 24.5 Å². The summed E-state index contributed by atoms with van der Waals surface area (Å²) < 4.78 is 5.07. The van der Waals surface area contributed by atoms with Crippen molar-refractivity contribution in [1.82, 2.24) is 9.80 Å². The van der Waals surface area contributed by atoms with Gasteiger partial charge in [0, 0.05) is 44.0 Å². The number of hydrogen-bond donors (Lipinski definition) is 1. The first-order chi connectivity index (χ1) is 13.0. The van der Waals surface area contributed by atoms with Gasteiger partial charge < -0.3 is 19.5 Å². The maximum absolute atomic E-state index is 12.3. The van der Waals surface area contributed by atoms with Gasteiger partial charge >= 0.3 is 11.8 Å². The molecule has 0 saturated carbocycles. The third kappa shape index (κ3) is 4.11. The van der Waals surface area contributed by atoms with Crippen molar-refractivity contribution in [2.75, 3.05) is 31.5 Å². The molecule has 27 heavy (non-hydrogen) atoms. The van der Waals surface area contributed by atoms with Gasteiger partial charge in [-0.25, -0.2) is 0 Å². The molecule has 2 aromatic rings. The number of carbonyl (C=O) groups excluding carboxylic acids is 3. The van der Waals surface area contributed by atoms with Crippen molar-refractivity contribution in [3.05, 3.63) is 58.5 Å². The molecule has 1 aromatic heterocycles. The van der Waals surface area contributed by atoms with Crippen LogP contribution in [-0.4, -0.2) is 58.6 Å². The lowest BCUT2D eigenvalue weighted by Crippen LogP contribution is -2.52. The van der Waals surface area contributed by atoms with E-state index in [-0.39, 0.29) is 49.2 Å². The van der Waals surface area contributed by atoms with Gasteiger partial charge in [0.25, 0.3) is 11.6 Å². The smallest absolute Gasteiger partial charge is 0.313 e. The monoisotopic (exact) mass is 372 g/mol. The van der Waals surface area contributed by atoms with E-state index in [1.54, 1.807) is 17.0 Å². The molecule has 1 saturated heterocycles. The summed E-state index contributed by atoms with van der Waals surface area (Å²) >= 11 is 0. The third-order valence-corrected chi connectivity index (χ3v) is 4.12. The number of nitro benzene ring substituents is 1. The quantitative estimate of drug-likeness (QED) is 0.489. The van der Waals surface area contributed by atoms with E-state index in [2.05, 4.69) is 5.32 Å². The van der Waals surface area contributed by atoms with Gasteiger partial charge in [0.2, 0.25) is 0 Å². The summed E-state index contributed by atoms with van der Waals surface area (Å²) in [4.78, 5) is 49.5. The van der Waals surface area contributed by atoms with Gasteiger partial charge in [-0.05, 0) is 24.3 Å². The molecule has 0 spiro atoms. The predicted molar refractivity (Wildman–Crippen MR) is 92.9 cm³/mol. The molecule has 1 fully saturated rings. The summed E-state index contributed by atoms with van der Waals surface area (Å²) in [6.45, 7) is 1.02. The Hall–Kier alpha value is -3.69. The Morgan fingerprint density at radius 2 is 1.63 bits per heavy atom. The van der Waals surface area contributed by atoms with E-state index in [1.165, 1.54) is 35.4 Å². The molecule has 3 rings (SSSR count). The summed E-state index contributed by atoms with van der Waals surface area (Å²) in [7, 11) is 0. The molecule has 3 amide bonds. The highest BCUT2D eigenvalue weighted by Crippen LogP contribution is 2.16. The van der Waals surface area contributed by atoms with Gasteiger partial charge in [0.05, 0.1) is 11.2 Å². The molecular weight excluding hydrogens is 356 g/mol. The van der Waals surface area contributed by atoms with E-state index >= 15 is 0 Å². The van der Waals surface area contributed by atoms with E-state index in [0.29, 0.717) is 0 Å². The molecule has 10 nitrogen and oxygen atoms in total. The number of nitro groups is 1. The van der Waals surface area contributed by atoms with E-state index < -0.39 is 16.7 Å². The van der Waals surface area contributed by atoms with Crippen molar-refractivity contribution < 1.29 is 23.7 Å². The van der Waals surface area contributed by atoms with Gasteiger partial charge in [0.1, 0.15) is 0 Å². The number of furan rings is 1. The summed E-state index contributed by atoms with van der Waals surface area (Å²) in [6.07, 6.45) is 1.41. The van der Waals surface area contributed by atoms with E-state index in [0.717, 1.165) is 0 Å². The molecule has 0 radical (unpaired) electrons. The van der Waals surface area contributed by atoms with E-state index in [9.17, 15) is 24.5 Å². The van der Waals surface area contributed by atoms with Crippen LogP contribution in [-0.2, 0) is 9.59 Å². The number of benzene rings is 1. The molecule has 10 heteroatoms. The number of hydrogen-bond acceptors (Lipinski definition) is 6. The minimum Gasteiger partial charge on any atom is -0.459 e. The van der Waals surface area contributed by atoms with Crippen LogP contribution in [0.5, 0.6) is 0 Å². The molecule has 1 aliphatic heterocycles. The molecule has 140 valence electrons. The number of nitrogens with one attached hydrogen (secondary N) is 1. The average molecular weight is 372 g/mol. The number of anilines is 1. The Kier molecular flexibility index (Phi) is 5.15. The van der Waals surface area contributed by atoms with E-state index in [1.807, 2.05) is 0 Å². The second-order valence-corrected chi connectivity index (χ2v) is 5.82. The number of carbonyl (C=O) groups is 3. The average Bonchev–Trinajstić information content (AvgIpc) is 3.22. The number of piperazine rings is 1. The van der Waals surface area contributed by atoms with Crippen LogP contribution in [0.3, 0.4) is 0 Å². The fourth-order valence-electron chi connectivity index (χ4n) is 2.66. The minimum absolute atomic E-state index is 0.114. The standard InChI is InChI=1S/C17H16N4O6/c22-15(18-12-3-5-13(6-4-12)21(25)26)17(24)20-9-7-19(8-10-20)16(23)14-2-1-11-27-14/h1-6,11H,7-10H2,(H,18,22). The number of rotatable bonds is 3. The molecule has 0 aliphatic carbocycles. The first-order valence-electron chi connectivity index (χ1n) is 8.13. The molecule has 0 unspecified atom stereocenters. The Morgan fingerprint density at radius 3 is 2.19 bits per heavy atom. The summed E-state index contributed by atoms with van der Waals surface area (Å²) in [6, 6.07) is 8.36. The normalized spacial score (nSPS) is 13.9. The molecular formula is C17H16N4O6. The Labute approximate surface area is 153 Å². The van der Waals surface area contributed by atoms with Crippen molar-refractivity contribution in [2.45, 2.75) is 0 Å². The lowest BCUT2D eigenvalue weighted by molar-refractivity contribution is -0.384. The summed E-state index contributed by atoms with van der Waals surface area (Å²) in [5, 5.41) is 13.0. The molecule has 1 aromatic carbocycles. The Morgan fingerprint density at radius 1 is 1.00 bits per heavy atom. The van der Waals surface area contributed by atoms with Crippen molar-refractivity contribution in [1.29, 1.82) is 0 Å². The SMILES string of the molecule is O=C(Nc1ccc([N+](=O)[O-])cc1)C(=O)N1CCN(C(=O)c2ccco2)CC1. The molecule has 2 heterocycles. The zero-order chi connectivity index (χ0) is 19.4. The highest BCUT2D eigenvalue weighted by molar-refractivity contribution is 6.39.